The molecule has 0 rings (SSSR count). The van der Waals surface area contributed by atoms with Crippen LogP contribution in [-0.4, -0.2) is 63.7 Å². The van der Waals surface area contributed by atoms with E-state index in [0.29, 0.717) is 24.9 Å². The van der Waals surface area contributed by atoms with Crippen LogP contribution in [0.5, 0.6) is 0 Å². The lowest BCUT2D eigenvalue weighted by Crippen LogP contribution is -2.21. The van der Waals surface area contributed by atoms with Crippen molar-refractivity contribution in [1.29, 1.82) is 0 Å². The molecule has 0 aliphatic rings. The number of carboxylic acids is 3. The van der Waals surface area contributed by atoms with Gasteiger partial charge in [-0.25, -0.2) is 4.79 Å². The minimum absolute atomic E-state index is 0.0588. The Labute approximate surface area is 131 Å². The number of alkyl halides is 3. The summed E-state index contributed by atoms with van der Waals surface area (Å²) < 4.78 is 31.7. The fourth-order valence-corrected chi connectivity index (χ4v) is 3.48. The Bertz CT molecular complexity index is 381. The molecular weight excluding hydrogens is 344 g/mol. The van der Waals surface area contributed by atoms with Gasteiger partial charge in [0.2, 0.25) is 0 Å². The van der Waals surface area contributed by atoms with Gasteiger partial charge in [-0.15, -0.1) is 7.92 Å². The predicted octanol–water partition coefficient (Wildman–Crippen LogP) is 2.03. The number of carbonyl (C=O) groups is 4. The van der Waals surface area contributed by atoms with Crippen molar-refractivity contribution < 1.29 is 47.7 Å². The number of carbonyl (C=O) groups excluding carboxylic acids is 1. The van der Waals surface area contributed by atoms with E-state index in [2.05, 4.69) is 0 Å². The lowest BCUT2D eigenvalue weighted by atomic mass is 10.4. The van der Waals surface area contributed by atoms with Gasteiger partial charge in [-0.3, -0.25) is 9.59 Å². The van der Waals surface area contributed by atoms with Crippen molar-refractivity contribution >= 4 is 31.6 Å². The maximum absolute atomic E-state index is 10.8. The molecular formula is C12H18F3O7P. The van der Waals surface area contributed by atoms with Gasteiger partial charge >= 0.3 is 24.1 Å². The summed E-state index contributed by atoms with van der Waals surface area (Å²) in [5.74, 6) is -4.43. The standard InChI is InChI=1S/C10H17O5P.C2HF3O2/c1-8(11)2-5-16(6-3-9(12)13)7-4-10(14)15;3-2(4,5)1(6)7/h2-7H2,1H3,(H,12,13)(H,14,15);(H,6,7). The number of hydrogen-bond acceptors (Lipinski definition) is 4. The van der Waals surface area contributed by atoms with E-state index in [4.69, 9.17) is 20.1 Å². The Morgan fingerprint density at radius 2 is 1.13 bits per heavy atom. The molecule has 0 bridgehead atoms. The molecule has 0 spiro atoms. The molecule has 0 heterocycles. The highest BCUT2D eigenvalue weighted by Crippen LogP contribution is 2.37. The van der Waals surface area contributed by atoms with Crippen molar-refractivity contribution in [3.63, 3.8) is 0 Å². The molecule has 3 N–H and O–H groups in total. The Balaban J connectivity index is 0. The van der Waals surface area contributed by atoms with Crippen molar-refractivity contribution in [2.24, 2.45) is 0 Å². The molecule has 7 nitrogen and oxygen atoms in total. The van der Waals surface area contributed by atoms with Crippen LogP contribution in [0.25, 0.3) is 0 Å². The predicted molar refractivity (Wildman–Crippen MR) is 75.0 cm³/mol. The van der Waals surface area contributed by atoms with Gasteiger partial charge in [-0.05, 0) is 25.4 Å². The van der Waals surface area contributed by atoms with Crippen molar-refractivity contribution in [2.75, 3.05) is 18.5 Å². The van der Waals surface area contributed by atoms with Gasteiger partial charge in [0, 0.05) is 19.3 Å². The van der Waals surface area contributed by atoms with Crippen LogP contribution in [0.4, 0.5) is 13.2 Å². The van der Waals surface area contributed by atoms with Crippen LogP contribution in [0.15, 0.2) is 0 Å². The average Bonchev–Trinajstić information content (AvgIpc) is 2.36. The first-order valence-corrected chi connectivity index (χ1v) is 8.21. The SMILES string of the molecule is CC(=O)CCP(CCC(=O)O)CCC(=O)O.O=C(O)C(F)(F)F. The van der Waals surface area contributed by atoms with Gasteiger partial charge in [-0.1, -0.05) is 0 Å². The summed E-state index contributed by atoms with van der Waals surface area (Å²) in [7, 11) is -0.641. The highest BCUT2D eigenvalue weighted by atomic mass is 31.1. The van der Waals surface area contributed by atoms with Gasteiger partial charge < -0.3 is 20.1 Å². The van der Waals surface area contributed by atoms with E-state index < -0.39 is 32.0 Å². The Hall–Kier alpha value is -1.70. The van der Waals surface area contributed by atoms with Crippen molar-refractivity contribution in [3.8, 4) is 0 Å². The number of halogens is 3. The zero-order chi connectivity index (χ0) is 18.6. The van der Waals surface area contributed by atoms with Crippen LogP contribution < -0.4 is 0 Å². The Kier molecular flexibility index (Phi) is 12.1. The quantitative estimate of drug-likeness (QED) is 0.535. The lowest BCUT2D eigenvalue weighted by Gasteiger charge is -2.14. The molecule has 0 atom stereocenters. The summed E-state index contributed by atoms with van der Waals surface area (Å²) in [4.78, 5) is 40.5. The minimum atomic E-state index is -5.08. The third-order valence-corrected chi connectivity index (χ3v) is 4.87. The monoisotopic (exact) mass is 362 g/mol. The minimum Gasteiger partial charge on any atom is -0.481 e. The number of aliphatic carboxylic acids is 3. The molecule has 0 aromatic heterocycles. The molecule has 23 heavy (non-hydrogen) atoms. The maximum Gasteiger partial charge on any atom is 0.490 e. The second-order valence-corrected chi connectivity index (χ2v) is 7.07. The Morgan fingerprint density at radius 3 is 1.35 bits per heavy atom. The molecule has 0 fully saturated rings. The van der Waals surface area contributed by atoms with Crippen LogP contribution in [0.2, 0.25) is 0 Å². The molecule has 0 aromatic rings. The number of carboxylic acid groups (broad SMARTS) is 3. The van der Waals surface area contributed by atoms with Gasteiger partial charge in [-0.2, -0.15) is 13.2 Å². The van der Waals surface area contributed by atoms with Crippen molar-refractivity contribution in [2.45, 2.75) is 32.4 Å². The first kappa shape index (κ1) is 23.6. The topological polar surface area (TPSA) is 129 Å². The molecule has 0 amide bonds. The Morgan fingerprint density at radius 1 is 0.826 bits per heavy atom. The third kappa shape index (κ3) is 18.3. The van der Waals surface area contributed by atoms with Gasteiger partial charge in [0.15, 0.2) is 0 Å². The summed E-state index contributed by atoms with van der Waals surface area (Å²) in [6.45, 7) is 1.49. The number of Topliss-reactive ketones (excluding diaryl/α,β-unsaturated/α-hetero) is 1. The van der Waals surface area contributed by atoms with E-state index in [1.165, 1.54) is 6.92 Å². The van der Waals surface area contributed by atoms with E-state index in [1.54, 1.807) is 0 Å². The largest absolute Gasteiger partial charge is 0.490 e. The first-order valence-electron chi connectivity index (χ1n) is 6.31. The summed E-state index contributed by atoms with van der Waals surface area (Å²) >= 11 is 0. The van der Waals surface area contributed by atoms with Crippen molar-refractivity contribution in [1.82, 2.24) is 0 Å². The summed E-state index contributed by atoms with van der Waals surface area (Å²) in [6.07, 6.45) is -2.89. The van der Waals surface area contributed by atoms with E-state index in [9.17, 15) is 27.6 Å². The van der Waals surface area contributed by atoms with Gasteiger partial charge in [0.25, 0.3) is 0 Å². The second-order valence-electron chi connectivity index (χ2n) is 4.38. The summed E-state index contributed by atoms with van der Waals surface area (Å²) in [5.41, 5.74) is 0. The van der Waals surface area contributed by atoms with E-state index >= 15 is 0 Å². The van der Waals surface area contributed by atoms with Crippen LogP contribution in [0.1, 0.15) is 26.2 Å². The van der Waals surface area contributed by atoms with Crippen LogP contribution in [0, 0.1) is 0 Å². The summed E-state index contributed by atoms with van der Waals surface area (Å²) in [6, 6.07) is 0. The second kappa shape index (κ2) is 11.8. The highest BCUT2D eigenvalue weighted by Gasteiger charge is 2.38. The van der Waals surface area contributed by atoms with Crippen LogP contribution >= 0.6 is 7.92 Å². The van der Waals surface area contributed by atoms with E-state index in [1.807, 2.05) is 0 Å². The fraction of sp³-hybridized carbons (Fsp3) is 0.667. The lowest BCUT2D eigenvalue weighted by molar-refractivity contribution is -0.192. The number of rotatable bonds is 9. The van der Waals surface area contributed by atoms with Crippen molar-refractivity contribution in [3.05, 3.63) is 0 Å². The molecule has 0 saturated heterocycles. The van der Waals surface area contributed by atoms with E-state index in [-0.39, 0.29) is 18.6 Å². The molecule has 0 saturated carbocycles. The molecule has 0 radical (unpaired) electrons. The number of ketones is 1. The molecule has 11 heteroatoms. The molecule has 134 valence electrons. The summed E-state index contributed by atoms with van der Waals surface area (Å²) in [5, 5.41) is 24.2. The van der Waals surface area contributed by atoms with Gasteiger partial charge in [0.1, 0.15) is 5.78 Å². The average molecular weight is 362 g/mol. The zero-order valence-corrected chi connectivity index (χ0v) is 13.2. The van der Waals surface area contributed by atoms with Crippen LogP contribution in [0.3, 0.4) is 0 Å². The molecule has 0 aromatic carbocycles. The molecule has 0 unspecified atom stereocenters. The normalized spacial score (nSPS) is 10.7. The third-order valence-electron chi connectivity index (χ3n) is 2.31. The van der Waals surface area contributed by atoms with Crippen LogP contribution in [-0.2, 0) is 19.2 Å². The van der Waals surface area contributed by atoms with Gasteiger partial charge in [0.05, 0.1) is 0 Å². The fourth-order valence-electron chi connectivity index (χ4n) is 1.16. The van der Waals surface area contributed by atoms with E-state index in [0.717, 1.165) is 0 Å². The number of hydrogen-bond donors (Lipinski definition) is 3. The maximum atomic E-state index is 10.8. The highest BCUT2D eigenvalue weighted by molar-refractivity contribution is 7.57. The zero-order valence-electron chi connectivity index (χ0n) is 12.3. The molecule has 0 aliphatic heterocycles. The molecule has 0 aliphatic carbocycles. The first-order chi connectivity index (χ1) is 10.4. The smallest absolute Gasteiger partial charge is 0.481 e.